The van der Waals surface area contributed by atoms with Gasteiger partial charge in [0.05, 0.1) is 17.0 Å². The number of ether oxygens (including phenoxy) is 3. The Morgan fingerprint density at radius 2 is 1.90 bits per heavy atom. The van der Waals surface area contributed by atoms with E-state index in [9.17, 15) is 19.7 Å². The zero-order chi connectivity index (χ0) is 22.8. The average Bonchev–Trinajstić information content (AvgIpc) is 3.06. The van der Waals surface area contributed by atoms with Crippen LogP contribution in [0.1, 0.15) is 38.2 Å². The Kier molecular flexibility index (Phi) is 5.91. The molecule has 2 aromatic heterocycles. The van der Waals surface area contributed by atoms with Gasteiger partial charge in [0.25, 0.3) is 5.69 Å². The summed E-state index contributed by atoms with van der Waals surface area (Å²) < 4.78 is 17.3. The molecule has 0 amide bonds. The van der Waals surface area contributed by atoms with Gasteiger partial charge in [-0.25, -0.2) is 19.1 Å². The van der Waals surface area contributed by atoms with Crippen LogP contribution in [-0.2, 0) is 9.47 Å². The second kappa shape index (κ2) is 8.42. The van der Waals surface area contributed by atoms with Gasteiger partial charge in [0.15, 0.2) is 0 Å². The van der Waals surface area contributed by atoms with Crippen molar-refractivity contribution in [2.45, 2.75) is 33.3 Å². The fourth-order valence-corrected chi connectivity index (χ4v) is 2.77. The van der Waals surface area contributed by atoms with Crippen molar-refractivity contribution in [3.8, 4) is 11.6 Å². The van der Waals surface area contributed by atoms with E-state index >= 15 is 0 Å². The maximum atomic E-state index is 12.9. The number of aromatic nitrogens is 2. The molecule has 0 N–H and O–H groups in total. The number of nitro groups is 1. The lowest BCUT2D eigenvalue weighted by atomic mass is 10.2. The van der Waals surface area contributed by atoms with Crippen LogP contribution in [0.25, 0.3) is 10.9 Å². The SMILES string of the molecule is CCOC(=O)c1cc2ccc(Oc3ccc([N+](=O)[O-])cn3)cc2n1C(=O)OC(C)(C)C. The molecule has 162 valence electrons. The Hall–Kier alpha value is -3.95. The molecule has 0 fully saturated rings. The highest BCUT2D eigenvalue weighted by Gasteiger charge is 2.26. The first-order valence-corrected chi connectivity index (χ1v) is 9.43. The molecular weight excluding hydrogens is 406 g/mol. The molecule has 2 heterocycles. The number of benzene rings is 1. The molecule has 0 spiro atoms. The van der Waals surface area contributed by atoms with Gasteiger partial charge < -0.3 is 14.2 Å². The van der Waals surface area contributed by atoms with Gasteiger partial charge in [-0.05, 0) is 45.9 Å². The lowest BCUT2D eigenvalue weighted by molar-refractivity contribution is -0.385. The average molecular weight is 427 g/mol. The first-order chi connectivity index (χ1) is 14.6. The molecule has 10 heteroatoms. The van der Waals surface area contributed by atoms with Crippen molar-refractivity contribution >= 4 is 28.7 Å². The van der Waals surface area contributed by atoms with E-state index < -0.39 is 22.6 Å². The molecular formula is C21H21N3O7. The van der Waals surface area contributed by atoms with Gasteiger partial charge in [-0.2, -0.15) is 0 Å². The third-order valence-electron chi connectivity index (χ3n) is 3.99. The monoisotopic (exact) mass is 427 g/mol. The Morgan fingerprint density at radius 1 is 1.16 bits per heavy atom. The van der Waals surface area contributed by atoms with Crippen LogP contribution in [0.2, 0.25) is 0 Å². The van der Waals surface area contributed by atoms with Crippen LogP contribution in [0.5, 0.6) is 11.6 Å². The van der Waals surface area contributed by atoms with Crippen molar-refractivity contribution in [1.82, 2.24) is 9.55 Å². The number of pyridine rings is 1. The fraction of sp³-hybridized carbons (Fsp3) is 0.286. The molecule has 31 heavy (non-hydrogen) atoms. The summed E-state index contributed by atoms with van der Waals surface area (Å²) >= 11 is 0. The molecule has 0 bridgehead atoms. The molecule has 10 nitrogen and oxygen atoms in total. The molecule has 0 aliphatic rings. The van der Waals surface area contributed by atoms with E-state index in [-0.39, 0.29) is 23.9 Å². The van der Waals surface area contributed by atoms with Gasteiger partial charge in [-0.3, -0.25) is 10.1 Å². The largest absolute Gasteiger partial charge is 0.461 e. The van der Waals surface area contributed by atoms with Crippen LogP contribution in [0.4, 0.5) is 10.5 Å². The Balaban J connectivity index is 2.03. The lowest BCUT2D eigenvalue weighted by Gasteiger charge is -2.20. The number of hydrogen-bond donors (Lipinski definition) is 0. The van der Waals surface area contributed by atoms with Crippen molar-refractivity contribution in [3.63, 3.8) is 0 Å². The summed E-state index contributed by atoms with van der Waals surface area (Å²) in [6, 6.07) is 9.00. The second-order valence-electron chi connectivity index (χ2n) is 7.50. The molecule has 0 saturated carbocycles. The van der Waals surface area contributed by atoms with Crippen molar-refractivity contribution in [3.05, 3.63) is 58.4 Å². The Labute approximate surface area is 177 Å². The van der Waals surface area contributed by atoms with Crippen molar-refractivity contribution in [2.24, 2.45) is 0 Å². The normalized spacial score (nSPS) is 11.2. The number of nitrogens with zero attached hydrogens (tertiary/aromatic N) is 3. The highest BCUT2D eigenvalue weighted by molar-refractivity contribution is 6.02. The molecule has 3 aromatic rings. The van der Waals surface area contributed by atoms with E-state index in [0.717, 1.165) is 10.8 Å². The molecule has 1 aromatic carbocycles. The number of rotatable bonds is 5. The molecule has 0 aliphatic carbocycles. The zero-order valence-corrected chi connectivity index (χ0v) is 17.4. The van der Waals surface area contributed by atoms with Crippen LogP contribution in [0, 0.1) is 10.1 Å². The molecule has 0 atom stereocenters. The van der Waals surface area contributed by atoms with E-state index in [4.69, 9.17) is 14.2 Å². The van der Waals surface area contributed by atoms with Crippen molar-refractivity contribution in [1.29, 1.82) is 0 Å². The van der Waals surface area contributed by atoms with E-state index in [2.05, 4.69) is 4.98 Å². The van der Waals surface area contributed by atoms with Gasteiger partial charge in [-0.15, -0.1) is 0 Å². The smallest absolute Gasteiger partial charge is 0.419 e. The highest BCUT2D eigenvalue weighted by Crippen LogP contribution is 2.29. The standard InChI is InChI=1S/C21H21N3O7/c1-5-29-19(25)17-10-13-6-8-15(30-18-9-7-14(12-22-18)24(27)28)11-16(13)23(17)20(26)31-21(2,3)4/h6-12H,5H2,1-4H3. The maximum absolute atomic E-state index is 12.9. The van der Waals surface area contributed by atoms with Gasteiger partial charge in [0.2, 0.25) is 5.88 Å². The van der Waals surface area contributed by atoms with Gasteiger partial charge in [0.1, 0.15) is 23.2 Å². The van der Waals surface area contributed by atoms with E-state index in [0.29, 0.717) is 16.7 Å². The van der Waals surface area contributed by atoms with Crippen molar-refractivity contribution in [2.75, 3.05) is 6.61 Å². The van der Waals surface area contributed by atoms with E-state index in [1.165, 1.54) is 18.2 Å². The predicted molar refractivity (Wildman–Crippen MR) is 110 cm³/mol. The number of carbonyl (C=O) groups is 2. The summed E-state index contributed by atoms with van der Waals surface area (Å²) in [5.74, 6) is -0.220. The number of carbonyl (C=O) groups excluding carboxylic acids is 2. The zero-order valence-electron chi connectivity index (χ0n) is 17.4. The van der Waals surface area contributed by atoms with Crippen LogP contribution >= 0.6 is 0 Å². The number of esters is 1. The molecule has 0 radical (unpaired) electrons. The molecule has 0 aliphatic heterocycles. The van der Waals surface area contributed by atoms with Crippen LogP contribution < -0.4 is 4.74 Å². The predicted octanol–water partition coefficient (Wildman–Crippen LogP) is 4.70. The van der Waals surface area contributed by atoms with Gasteiger partial charge >= 0.3 is 12.1 Å². The minimum absolute atomic E-state index is 0.0247. The maximum Gasteiger partial charge on any atom is 0.419 e. The molecule has 0 saturated heterocycles. The number of hydrogen-bond acceptors (Lipinski definition) is 8. The second-order valence-corrected chi connectivity index (χ2v) is 7.50. The van der Waals surface area contributed by atoms with Crippen LogP contribution in [0.15, 0.2) is 42.6 Å². The number of fused-ring (bicyclic) bond motifs is 1. The Bertz CT molecular complexity index is 1140. The summed E-state index contributed by atoms with van der Waals surface area (Å²) in [7, 11) is 0. The highest BCUT2D eigenvalue weighted by atomic mass is 16.6. The minimum Gasteiger partial charge on any atom is -0.461 e. The van der Waals surface area contributed by atoms with E-state index in [1.54, 1.807) is 45.9 Å². The third kappa shape index (κ3) is 4.97. The summed E-state index contributed by atoms with van der Waals surface area (Å²) in [5, 5.41) is 11.4. The van der Waals surface area contributed by atoms with E-state index in [1.807, 2.05) is 0 Å². The third-order valence-corrected chi connectivity index (χ3v) is 3.99. The first-order valence-electron chi connectivity index (χ1n) is 9.43. The van der Waals surface area contributed by atoms with Crippen LogP contribution in [0.3, 0.4) is 0 Å². The summed E-state index contributed by atoms with van der Waals surface area (Å²) in [6.07, 6.45) is 0.340. The summed E-state index contributed by atoms with van der Waals surface area (Å²) in [6.45, 7) is 6.97. The van der Waals surface area contributed by atoms with Crippen LogP contribution in [-0.4, -0.2) is 38.7 Å². The van der Waals surface area contributed by atoms with Crippen molar-refractivity contribution < 1.29 is 28.7 Å². The Morgan fingerprint density at radius 3 is 2.48 bits per heavy atom. The molecule has 0 unspecified atom stereocenters. The summed E-state index contributed by atoms with van der Waals surface area (Å²) in [4.78, 5) is 39.4. The van der Waals surface area contributed by atoms with Gasteiger partial charge in [-0.1, -0.05) is 0 Å². The summed E-state index contributed by atoms with van der Waals surface area (Å²) in [5.41, 5.74) is -0.551. The quantitative estimate of drug-likeness (QED) is 0.326. The topological polar surface area (TPSA) is 123 Å². The van der Waals surface area contributed by atoms with Gasteiger partial charge in [0, 0.05) is 23.6 Å². The minimum atomic E-state index is -0.781. The molecule has 3 rings (SSSR count). The lowest BCUT2D eigenvalue weighted by Crippen LogP contribution is -2.29. The fourth-order valence-electron chi connectivity index (χ4n) is 2.77. The first kappa shape index (κ1) is 21.8.